The minimum atomic E-state index is 0.0780. The molecule has 1 aromatic carbocycles. The second-order valence-electron chi connectivity index (χ2n) is 5.77. The smallest absolute Gasteiger partial charge is 0.0645 e. The quantitative estimate of drug-likeness (QED) is 0.924. The SMILES string of the molecule is CC1(C)COCCN1CCC(N)c1ccccc1Br. The molecule has 1 unspecified atom stereocenters. The van der Waals surface area contributed by atoms with Crippen LogP contribution < -0.4 is 5.73 Å². The van der Waals surface area contributed by atoms with Crippen LogP contribution in [0.25, 0.3) is 0 Å². The zero-order valence-corrected chi connectivity index (χ0v) is 13.3. The third kappa shape index (κ3) is 3.78. The van der Waals surface area contributed by atoms with E-state index in [-0.39, 0.29) is 11.6 Å². The highest BCUT2D eigenvalue weighted by atomic mass is 79.9. The van der Waals surface area contributed by atoms with Crippen LogP contribution in [0.5, 0.6) is 0 Å². The Hall–Kier alpha value is -0.420. The molecule has 0 spiro atoms. The molecular formula is C15H23BrN2O. The lowest BCUT2D eigenvalue weighted by Gasteiger charge is -2.42. The Kier molecular flexibility index (Phi) is 5.01. The van der Waals surface area contributed by atoms with Gasteiger partial charge in [-0.1, -0.05) is 34.1 Å². The second kappa shape index (κ2) is 6.35. The first-order chi connectivity index (χ1) is 9.00. The molecule has 0 saturated carbocycles. The Bertz CT molecular complexity index is 422. The van der Waals surface area contributed by atoms with E-state index >= 15 is 0 Å². The van der Waals surface area contributed by atoms with Gasteiger partial charge in [0.05, 0.1) is 13.2 Å². The molecule has 4 heteroatoms. The molecule has 2 N–H and O–H groups in total. The van der Waals surface area contributed by atoms with Gasteiger partial charge in [0.2, 0.25) is 0 Å². The van der Waals surface area contributed by atoms with Gasteiger partial charge >= 0.3 is 0 Å². The summed E-state index contributed by atoms with van der Waals surface area (Å²) in [5.74, 6) is 0. The van der Waals surface area contributed by atoms with Gasteiger partial charge in [0.25, 0.3) is 0 Å². The fourth-order valence-electron chi connectivity index (χ4n) is 2.53. The molecule has 2 rings (SSSR count). The van der Waals surface area contributed by atoms with Gasteiger partial charge in [0.15, 0.2) is 0 Å². The molecule has 1 aliphatic heterocycles. The first kappa shape index (κ1) is 15.0. The van der Waals surface area contributed by atoms with Crippen molar-refractivity contribution in [3.05, 3.63) is 34.3 Å². The van der Waals surface area contributed by atoms with Crippen LogP contribution in [0, 0.1) is 0 Å². The molecule has 106 valence electrons. The van der Waals surface area contributed by atoms with E-state index in [9.17, 15) is 0 Å². The van der Waals surface area contributed by atoms with Crippen LogP contribution in [0.3, 0.4) is 0 Å². The van der Waals surface area contributed by atoms with Gasteiger partial charge in [-0.3, -0.25) is 4.90 Å². The molecule has 1 saturated heterocycles. The van der Waals surface area contributed by atoms with Crippen LogP contribution in [0.2, 0.25) is 0 Å². The summed E-state index contributed by atoms with van der Waals surface area (Å²) in [6, 6.07) is 8.28. The topological polar surface area (TPSA) is 38.5 Å². The maximum atomic E-state index is 6.31. The predicted octanol–water partition coefficient (Wildman–Crippen LogP) is 2.95. The first-order valence-corrected chi connectivity index (χ1v) is 7.63. The largest absolute Gasteiger partial charge is 0.378 e. The van der Waals surface area contributed by atoms with E-state index in [0.29, 0.717) is 0 Å². The van der Waals surface area contributed by atoms with Crippen molar-refractivity contribution >= 4 is 15.9 Å². The van der Waals surface area contributed by atoms with E-state index in [1.165, 1.54) is 5.56 Å². The standard InChI is InChI=1S/C15H23BrN2O/c1-15(2)11-19-10-9-18(15)8-7-14(17)12-5-3-4-6-13(12)16/h3-6,14H,7-11,17H2,1-2H3. The maximum Gasteiger partial charge on any atom is 0.0645 e. The summed E-state index contributed by atoms with van der Waals surface area (Å²) in [7, 11) is 0. The third-order valence-electron chi connectivity index (χ3n) is 3.83. The van der Waals surface area contributed by atoms with Gasteiger partial charge in [0, 0.05) is 29.1 Å². The maximum absolute atomic E-state index is 6.31. The normalized spacial score (nSPS) is 21.3. The molecule has 19 heavy (non-hydrogen) atoms. The number of nitrogens with zero attached hydrogens (tertiary/aromatic N) is 1. The lowest BCUT2D eigenvalue weighted by Crippen LogP contribution is -2.53. The van der Waals surface area contributed by atoms with Gasteiger partial charge in [-0.05, 0) is 31.9 Å². The lowest BCUT2D eigenvalue weighted by molar-refractivity contribution is -0.0517. The van der Waals surface area contributed by atoms with Gasteiger partial charge in [-0.2, -0.15) is 0 Å². The Balaban J connectivity index is 1.93. The number of ether oxygens (including phenoxy) is 1. The number of morpholine rings is 1. The van der Waals surface area contributed by atoms with Crippen molar-refractivity contribution in [3.8, 4) is 0 Å². The molecule has 1 aromatic rings. The molecule has 0 aliphatic carbocycles. The minimum Gasteiger partial charge on any atom is -0.378 e. The van der Waals surface area contributed by atoms with E-state index < -0.39 is 0 Å². The second-order valence-corrected chi connectivity index (χ2v) is 6.62. The molecule has 0 amide bonds. The van der Waals surface area contributed by atoms with Crippen LogP contribution in [-0.4, -0.2) is 36.7 Å². The number of hydrogen-bond acceptors (Lipinski definition) is 3. The molecule has 1 heterocycles. The summed E-state index contributed by atoms with van der Waals surface area (Å²) >= 11 is 3.57. The van der Waals surface area contributed by atoms with Crippen LogP contribution in [-0.2, 0) is 4.74 Å². The lowest BCUT2D eigenvalue weighted by atomic mass is 9.99. The van der Waals surface area contributed by atoms with Gasteiger partial charge < -0.3 is 10.5 Å². The minimum absolute atomic E-state index is 0.0780. The van der Waals surface area contributed by atoms with E-state index in [0.717, 1.165) is 37.2 Å². The highest BCUT2D eigenvalue weighted by molar-refractivity contribution is 9.10. The Morgan fingerprint density at radius 1 is 1.42 bits per heavy atom. The molecule has 0 aromatic heterocycles. The average molecular weight is 327 g/mol. The number of halogens is 1. The summed E-state index contributed by atoms with van der Waals surface area (Å²) in [4.78, 5) is 2.48. The highest BCUT2D eigenvalue weighted by Gasteiger charge is 2.30. The van der Waals surface area contributed by atoms with E-state index in [2.05, 4.69) is 40.7 Å². The zero-order valence-electron chi connectivity index (χ0n) is 11.7. The summed E-state index contributed by atoms with van der Waals surface area (Å²) in [5.41, 5.74) is 7.62. The van der Waals surface area contributed by atoms with E-state index in [1.807, 2.05) is 18.2 Å². The van der Waals surface area contributed by atoms with Crippen molar-refractivity contribution in [3.63, 3.8) is 0 Å². The summed E-state index contributed by atoms with van der Waals surface area (Å²) in [6.07, 6.45) is 0.964. The molecule has 3 nitrogen and oxygen atoms in total. The predicted molar refractivity (Wildman–Crippen MR) is 82.2 cm³/mol. The Labute approximate surface area is 124 Å². The van der Waals surface area contributed by atoms with Gasteiger partial charge in [0.1, 0.15) is 0 Å². The number of benzene rings is 1. The van der Waals surface area contributed by atoms with Crippen LogP contribution >= 0.6 is 15.9 Å². The molecule has 1 aliphatic rings. The van der Waals surface area contributed by atoms with Gasteiger partial charge in [-0.25, -0.2) is 0 Å². The van der Waals surface area contributed by atoms with Crippen molar-refractivity contribution in [2.75, 3.05) is 26.3 Å². The average Bonchev–Trinajstić information content (AvgIpc) is 2.37. The van der Waals surface area contributed by atoms with Crippen molar-refractivity contribution in [1.29, 1.82) is 0 Å². The van der Waals surface area contributed by atoms with Crippen LogP contribution in [0.15, 0.2) is 28.7 Å². The van der Waals surface area contributed by atoms with Gasteiger partial charge in [-0.15, -0.1) is 0 Å². The van der Waals surface area contributed by atoms with Crippen molar-refractivity contribution < 1.29 is 4.74 Å². The molecular weight excluding hydrogens is 304 g/mol. The molecule has 1 atom stereocenters. The van der Waals surface area contributed by atoms with E-state index in [1.54, 1.807) is 0 Å². The van der Waals surface area contributed by atoms with E-state index in [4.69, 9.17) is 10.5 Å². The fourth-order valence-corrected chi connectivity index (χ4v) is 3.11. The van der Waals surface area contributed by atoms with Crippen LogP contribution in [0.4, 0.5) is 0 Å². The number of hydrogen-bond donors (Lipinski definition) is 1. The van der Waals surface area contributed by atoms with Crippen molar-refractivity contribution in [1.82, 2.24) is 4.90 Å². The Morgan fingerprint density at radius 3 is 2.84 bits per heavy atom. The molecule has 1 fully saturated rings. The third-order valence-corrected chi connectivity index (χ3v) is 4.55. The fraction of sp³-hybridized carbons (Fsp3) is 0.600. The van der Waals surface area contributed by atoms with Crippen molar-refractivity contribution in [2.45, 2.75) is 31.8 Å². The summed E-state index contributed by atoms with van der Waals surface area (Å²) in [6.45, 7) is 8.10. The number of nitrogens with two attached hydrogens (primary N) is 1. The summed E-state index contributed by atoms with van der Waals surface area (Å²) < 4.78 is 6.65. The number of rotatable bonds is 4. The van der Waals surface area contributed by atoms with Crippen LogP contribution in [0.1, 0.15) is 31.9 Å². The monoisotopic (exact) mass is 326 g/mol. The Morgan fingerprint density at radius 2 is 2.16 bits per heavy atom. The summed E-state index contributed by atoms with van der Waals surface area (Å²) in [5, 5.41) is 0. The molecule has 0 bridgehead atoms. The zero-order chi connectivity index (χ0) is 13.9. The highest BCUT2D eigenvalue weighted by Crippen LogP contribution is 2.25. The first-order valence-electron chi connectivity index (χ1n) is 6.83. The molecule has 0 radical (unpaired) electrons. The van der Waals surface area contributed by atoms with Crippen molar-refractivity contribution in [2.24, 2.45) is 5.73 Å².